The third kappa shape index (κ3) is 8.07. The lowest BCUT2D eigenvalue weighted by molar-refractivity contribution is -0.115. The first-order valence-electron chi connectivity index (χ1n) is 14.4. The summed E-state index contributed by atoms with van der Waals surface area (Å²) in [6.07, 6.45) is 4.56. The van der Waals surface area contributed by atoms with E-state index in [1.807, 2.05) is 55.6 Å². The van der Waals surface area contributed by atoms with Gasteiger partial charge in [0, 0.05) is 34.2 Å². The number of hydrogen-bond donors (Lipinski definition) is 1. The van der Waals surface area contributed by atoms with E-state index in [4.69, 9.17) is 44.5 Å². The molecule has 1 N–H and O–H groups in total. The average Bonchev–Trinajstić information content (AvgIpc) is 3.48. The molecule has 2 unspecified atom stereocenters. The number of halogens is 3. The molecule has 3 heterocycles. The summed E-state index contributed by atoms with van der Waals surface area (Å²) in [4.78, 5) is 35.7. The highest BCUT2D eigenvalue weighted by Gasteiger charge is 2.28. The van der Waals surface area contributed by atoms with Crippen LogP contribution in [0, 0.1) is 5.92 Å². The van der Waals surface area contributed by atoms with E-state index >= 15 is 0 Å². The highest BCUT2D eigenvalue weighted by atomic mass is 35.5. The first-order chi connectivity index (χ1) is 21.2. The van der Waals surface area contributed by atoms with E-state index in [2.05, 4.69) is 10.3 Å². The lowest BCUT2D eigenvalue weighted by atomic mass is 9.82. The standard InChI is InChI=1S/C34H32Cl3N3O3S/c1-20(16-22-11-13-38-30(17-22)43-34(42)29-4-3-15-44-29)40-33(41)32-21(2)31(23-5-8-26(35)9-6-23)25(12-14-39-32)18-24-7-10-27(36)19-28(24)37/h3-10,15,17,19-20,25H,11-14,16,18H2,1-2H3,(H,40,41). The Labute approximate surface area is 276 Å². The average molecular weight is 669 g/mol. The smallest absolute Gasteiger partial charge is 0.355 e. The Balaban J connectivity index is 1.32. The summed E-state index contributed by atoms with van der Waals surface area (Å²) in [6, 6.07) is 16.6. The normalized spacial score (nSPS) is 17.7. The van der Waals surface area contributed by atoms with Gasteiger partial charge in [0.2, 0.25) is 5.90 Å². The molecule has 2 aromatic carbocycles. The summed E-state index contributed by atoms with van der Waals surface area (Å²) in [5, 5.41) is 6.83. The van der Waals surface area contributed by atoms with Crippen LogP contribution in [0.3, 0.4) is 0 Å². The van der Waals surface area contributed by atoms with E-state index in [1.165, 1.54) is 11.3 Å². The van der Waals surface area contributed by atoms with Crippen molar-refractivity contribution < 1.29 is 14.3 Å². The number of esters is 1. The van der Waals surface area contributed by atoms with Crippen molar-refractivity contribution in [2.24, 2.45) is 15.9 Å². The quantitative estimate of drug-likeness (QED) is 0.244. The number of hydrogen-bond acceptors (Lipinski definition) is 6. The lowest BCUT2D eigenvalue weighted by Gasteiger charge is -2.23. The highest BCUT2D eigenvalue weighted by molar-refractivity contribution is 7.12. The molecule has 228 valence electrons. The third-order valence-electron chi connectivity index (χ3n) is 7.66. The molecule has 1 aromatic heterocycles. The van der Waals surface area contributed by atoms with Crippen LogP contribution in [0.1, 0.15) is 53.9 Å². The summed E-state index contributed by atoms with van der Waals surface area (Å²) in [5.74, 6) is -0.265. The molecule has 0 saturated carbocycles. The minimum absolute atomic E-state index is 0.0725. The molecule has 5 rings (SSSR count). The SMILES string of the molecule is CC1=C(c2ccc(Cl)cc2)C(Cc2ccc(Cl)cc2Cl)CCN=C1C(=O)NC(C)CC1=CC(OC(=O)c2cccs2)=NCC1. The number of aliphatic imine (C=N–C) groups is 2. The zero-order chi connectivity index (χ0) is 31.2. The Morgan fingerprint density at radius 2 is 1.82 bits per heavy atom. The fraction of sp³-hybridized carbons (Fsp3) is 0.294. The highest BCUT2D eigenvalue weighted by Crippen LogP contribution is 2.37. The zero-order valence-electron chi connectivity index (χ0n) is 24.4. The van der Waals surface area contributed by atoms with Crippen LogP contribution in [-0.4, -0.2) is 42.6 Å². The van der Waals surface area contributed by atoms with Gasteiger partial charge in [0.05, 0.1) is 0 Å². The fourth-order valence-electron chi connectivity index (χ4n) is 5.61. The van der Waals surface area contributed by atoms with Gasteiger partial charge >= 0.3 is 5.97 Å². The number of dihydropyridines is 1. The van der Waals surface area contributed by atoms with E-state index in [9.17, 15) is 9.59 Å². The summed E-state index contributed by atoms with van der Waals surface area (Å²) in [6.45, 7) is 4.95. The van der Waals surface area contributed by atoms with Crippen molar-refractivity contribution in [2.45, 2.75) is 45.6 Å². The number of nitrogens with zero attached hydrogens (tertiary/aromatic N) is 2. The number of thiophene rings is 1. The van der Waals surface area contributed by atoms with Crippen molar-refractivity contribution in [2.75, 3.05) is 13.1 Å². The maximum atomic E-state index is 13.7. The first-order valence-corrected chi connectivity index (χ1v) is 16.4. The van der Waals surface area contributed by atoms with Crippen molar-refractivity contribution in [3.05, 3.63) is 108 Å². The summed E-state index contributed by atoms with van der Waals surface area (Å²) >= 11 is 20.3. The first kappa shape index (κ1) is 32.2. The van der Waals surface area contributed by atoms with Gasteiger partial charge < -0.3 is 10.1 Å². The minimum atomic E-state index is -0.417. The summed E-state index contributed by atoms with van der Waals surface area (Å²) < 4.78 is 5.49. The van der Waals surface area contributed by atoms with Crippen LogP contribution in [0.5, 0.6) is 0 Å². The monoisotopic (exact) mass is 667 g/mol. The molecule has 1 amide bonds. The fourth-order valence-corrected chi connectivity index (χ4v) is 6.82. The Morgan fingerprint density at radius 1 is 1.05 bits per heavy atom. The molecule has 0 saturated heterocycles. The van der Waals surface area contributed by atoms with Crippen LogP contribution in [0.15, 0.2) is 87.2 Å². The van der Waals surface area contributed by atoms with Gasteiger partial charge in [-0.3, -0.25) is 14.8 Å². The van der Waals surface area contributed by atoms with Crippen LogP contribution in [0.25, 0.3) is 5.57 Å². The van der Waals surface area contributed by atoms with Gasteiger partial charge in [-0.25, -0.2) is 4.79 Å². The van der Waals surface area contributed by atoms with E-state index in [0.29, 0.717) is 57.5 Å². The predicted octanol–water partition coefficient (Wildman–Crippen LogP) is 8.67. The van der Waals surface area contributed by atoms with Gasteiger partial charge in [-0.05, 0) is 110 Å². The number of allylic oxidation sites excluding steroid dienone is 1. The van der Waals surface area contributed by atoms with Crippen LogP contribution in [0.2, 0.25) is 15.1 Å². The molecule has 2 aliphatic rings. The molecule has 44 heavy (non-hydrogen) atoms. The molecule has 2 aliphatic heterocycles. The van der Waals surface area contributed by atoms with Crippen molar-refractivity contribution in [1.82, 2.24) is 5.32 Å². The van der Waals surface area contributed by atoms with E-state index in [0.717, 1.165) is 40.7 Å². The molecule has 3 aromatic rings. The van der Waals surface area contributed by atoms with E-state index in [1.54, 1.807) is 24.3 Å². The minimum Gasteiger partial charge on any atom is -0.404 e. The zero-order valence-corrected chi connectivity index (χ0v) is 27.5. The van der Waals surface area contributed by atoms with Crippen molar-refractivity contribution in [3.8, 4) is 0 Å². The van der Waals surface area contributed by atoms with Crippen LogP contribution in [-0.2, 0) is 16.0 Å². The number of nitrogens with one attached hydrogen (secondary N) is 1. The van der Waals surface area contributed by atoms with Crippen molar-refractivity contribution in [3.63, 3.8) is 0 Å². The number of carbonyl (C=O) groups excluding carboxylic acids is 2. The predicted molar refractivity (Wildman–Crippen MR) is 182 cm³/mol. The van der Waals surface area contributed by atoms with Gasteiger partial charge in [-0.15, -0.1) is 11.3 Å². The Hall–Kier alpha value is -3.23. The van der Waals surface area contributed by atoms with E-state index < -0.39 is 5.97 Å². The second-order valence-corrected chi connectivity index (χ2v) is 13.1. The molecule has 0 fully saturated rings. The maximum absolute atomic E-state index is 13.7. The topological polar surface area (TPSA) is 80.1 Å². The second-order valence-electron chi connectivity index (χ2n) is 10.9. The molecule has 0 spiro atoms. The van der Waals surface area contributed by atoms with Crippen LogP contribution < -0.4 is 5.32 Å². The molecule has 2 atom stereocenters. The number of benzene rings is 2. The van der Waals surface area contributed by atoms with Crippen molar-refractivity contribution >= 4 is 75.2 Å². The van der Waals surface area contributed by atoms with Gasteiger partial charge in [0.15, 0.2) is 0 Å². The Bertz CT molecular complexity index is 1660. The summed E-state index contributed by atoms with van der Waals surface area (Å²) in [7, 11) is 0. The number of amides is 1. The number of ether oxygens (including phenoxy) is 1. The Morgan fingerprint density at radius 3 is 2.55 bits per heavy atom. The maximum Gasteiger partial charge on any atom is 0.355 e. The second kappa shape index (κ2) is 14.7. The number of rotatable bonds is 8. The van der Waals surface area contributed by atoms with Crippen LogP contribution >= 0.6 is 46.1 Å². The van der Waals surface area contributed by atoms with Gasteiger partial charge in [-0.2, -0.15) is 0 Å². The number of carbonyl (C=O) groups is 2. The molecular weight excluding hydrogens is 637 g/mol. The molecule has 0 bridgehead atoms. The van der Waals surface area contributed by atoms with E-state index in [-0.39, 0.29) is 17.9 Å². The molecule has 10 heteroatoms. The van der Waals surface area contributed by atoms with Gasteiger partial charge in [0.1, 0.15) is 10.6 Å². The van der Waals surface area contributed by atoms with Gasteiger partial charge in [0.25, 0.3) is 5.91 Å². The van der Waals surface area contributed by atoms with Crippen LogP contribution in [0.4, 0.5) is 0 Å². The molecular formula is C34H32Cl3N3O3S. The van der Waals surface area contributed by atoms with Gasteiger partial charge in [-0.1, -0.05) is 64.6 Å². The molecule has 0 radical (unpaired) electrons. The third-order valence-corrected chi connectivity index (χ3v) is 9.35. The molecule has 0 aliphatic carbocycles. The molecule has 6 nitrogen and oxygen atoms in total. The largest absolute Gasteiger partial charge is 0.404 e. The summed E-state index contributed by atoms with van der Waals surface area (Å²) in [5.41, 5.74) is 5.35. The lowest BCUT2D eigenvalue weighted by Crippen LogP contribution is -2.38. The van der Waals surface area contributed by atoms with Crippen molar-refractivity contribution in [1.29, 1.82) is 0 Å². The Kier molecular flexibility index (Phi) is 10.7.